The summed E-state index contributed by atoms with van der Waals surface area (Å²) in [7, 11) is -3.73. The number of hydrogen-bond acceptors (Lipinski definition) is 6. The maximum absolute atomic E-state index is 13.3. The molecule has 1 aromatic carbocycles. The molecular weight excluding hydrogens is 523 g/mol. The van der Waals surface area contributed by atoms with Crippen molar-refractivity contribution < 1.29 is 12.8 Å². The molecule has 0 radical (unpaired) electrons. The smallest absolute Gasteiger partial charge is 0.243 e. The van der Waals surface area contributed by atoms with Crippen molar-refractivity contribution in [1.29, 1.82) is 0 Å². The Morgan fingerprint density at radius 3 is 2.76 bits per heavy atom. The molecule has 5 rings (SSSR count). The van der Waals surface area contributed by atoms with E-state index in [1.54, 1.807) is 23.1 Å². The molecule has 11 heteroatoms. The normalized spacial score (nSPS) is 17.2. The van der Waals surface area contributed by atoms with E-state index in [1.165, 1.54) is 28.6 Å². The maximum Gasteiger partial charge on any atom is 0.243 e. The number of halogens is 2. The van der Waals surface area contributed by atoms with Gasteiger partial charge in [0, 0.05) is 44.0 Å². The van der Waals surface area contributed by atoms with E-state index in [2.05, 4.69) is 31.3 Å². The molecule has 1 saturated heterocycles. The highest BCUT2D eigenvalue weighted by molar-refractivity contribution is 9.10. The highest BCUT2D eigenvalue weighted by Gasteiger charge is 2.32. The van der Waals surface area contributed by atoms with Crippen LogP contribution in [0.25, 0.3) is 5.65 Å². The predicted octanol–water partition coefficient (Wildman–Crippen LogP) is 4.21. The van der Waals surface area contributed by atoms with Crippen molar-refractivity contribution in [1.82, 2.24) is 23.9 Å². The van der Waals surface area contributed by atoms with Gasteiger partial charge in [-0.25, -0.2) is 17.8 Å². The average molecular weight is 545 g/mol. The number of nitrogens with one attached hydrogen (secondary N) is 1. The lowest BCUT2D eigenvalue weighted by molar-refractivity contribution is 0.312. The molecule has 1 fully saturated rings. The standard InChI is InChI=1S/C23H22BrFN6O2S/c24-20-14-28-31-22(27-13-16-3-1-9-26-12-16)11-21(29-23(20)31)17-4-2-10-30(15-17)34(32,33)19-7-5-18(25)6-8-19/h1,3,5-9,11-12,14,17,27H,2,4,10,13,15H2. The van der Waals surface area contributed by atoms with Gasteiger partial charge in [0.05, 0.1) is 21.3 Å². The Labute approximate surface area is 205 Å². The van der Waals surface area contributed by atoms with E-state index in [1.807, 2.05) is 18.2 Å². The SMILES string of the molecule is O=S(=O)(c1ccc(F)cc1)N1CCCC(c2cc(NCc3cccnc3)n3ncc(Br)c3n2)C1. The first-order valence-electron chi connectivity index (χ1n) is 10.8. The maximum atomic E-state index is 13.3. The molecule has 0 amide bonds. The summed E-state index contributed by atoms with van der Waals surface area (Å²) in [4.78, 5) is 9.05. The summed E-state index contributed by atoms with van der Waals surface area (Å²) in [5, 5.41) is 7.81. The third-order valence-electron chi connectivity index (χ3n) is 5.90. The van der Waals surface area contributed by atoms with Gasteiger partial charge < -0.3 is 5.32 Å². The van der Waals surface area contributed by atoms with Crippen molar-refractivity contribution in [3.63, 3.8) is 0 Å². The molecule has 1 aliphatic heterocycles. The van der Waals surface area contributed by atoms with Gasteiger partial charge in [0.15, 0.2) is 5.65 Å². The minimum absolute atomic E-state index is 0.0882. The van der Waals surface area contributed by atoms with Gasteiger partial charge in [-0.1, -0.05) is 6.07 Å². The zero-order valence-electron chi connectivity index (χ0n) is 18.1. The predicted molar refractivity (Wildman–Crippen MR) is 129 cm³/mol. The highest BCUT2D eigenvalue weighted by atomic mass is 79.9. The van der Waals surface area contributed by atoms with Crippen LogP contribution in [0.2, 0.25) is 0 Å². The molecule has 4 aromatic rings. The van der Waals surface area contributed by atoms with Crippen LogP contribution < -0.4 is 5.32 Å². The molecular formula is C23H22BrFN6O2S. The lowest BCUT2D eigenvalue weighted by atomic mass is 9.96. The minimum Gasteiger partial charge on any atom is -0.366 e. The van der Waals surface area contributed by atoms with E-state index < -0.39 is 15.8 Å². The van der Waals surface area contributed by atoms with Crippen molar-refractivity contribution >= 4 is 37.4 Å². The lowest BCUT2D eigenvalue weighted by Gasteiger charge is -2.32. The number of hydrogen-bond donors (Lipinski definition) is 1. The Balaban J connectivity index is 1.44. The van der Waals surface area contributed by atoms with Gasteiger partial charge in [0.1, 0.15) is 11.6 Å². The Morgan fingerprint density at radius 1 is 1.18 bits per heavy atom. The van der Waals surface area contributed by atoms with Crippen LogP contribution in [0.15, 0.2) is 70.4 Å². The van der Waals surface area contributed by atoms with Gasteiger partial charge in [-0.15, -0.1) is 0 Å². The van der Waals surface area contributed by atoms with Crippen LogP contribution in [0.3, 0.4) is 0 Å². The van der Waals surface area contributed by atoms with Gasteiger partial charge >= 0.3 is 0 Å². The number of aromatic nitrogens is 4. The van der Waals surface area contributed by atoms with Gasteiger partial charge in [-0.2, -0.15) is 13.9 Å². The number of nitrogens with zero attached hydrogens (tertiary/aromatic N) is 5. The molecule has 1 unspecified atom stereocenters. The Morgan fingerprint density at radius 2 is 2.00 bits per heavy atom. The monoisotopic (exact) mass is 544 g/mol. The highest BCUT2D eigenvalue weighted by Crippen LogP contribution is 2.32. The first kappa shape index (κ1) is 22.9. The van der Waals surface area contributed by atoms with Crippen LogP contribution in [0.4, 0.5) is 10.2 Å². The summed E-state index contributed by atoms with van der Waals surface area (Å²) in [5.74, 6) is 0.202. The lowest BCUT2D eigenvalue weighted by Crippen LogP contribution is -2.39. The molecule has 4 heterocycles. The second kappa shape index (κ2) is 9.40. The Hall–Kier alpha value is -2.89. The van der Waals surface area contributed by atoms with Crippen LogP contribution in [-0.4, -0.2) is 45.4 Å². The van der Waals surface area contributed by atoms with Crippen LogP contribution in [0.5, 0.6) is 0 Å². The average Bonchev–Trinajstić information content (AvgIpc) is 3.24. The van der Waals surface area contributed by atoms with Crippen LogP contribution in [0.1, 0.15) is 30.0 Å². The van der Waals surface area contributed by atoms with Crippen LogP contribution in [0, 0.1) is 5.82 Å². The van der Waals surface area contributed by atoms with Crippen LogP contribution in [-0.2, 0) is 16.6 Å². The van der Waals surface area contributed by atoms with E-state index in [0.29, 0.717) is 31.7 Å². The van der Waals surface area contributed by atoms with Crippen molar-refractivity contribution in [3.8, 4) is 0 Å². The van der Waals surface area contributed by atoms with Crippen molar-refractivity contribution in [2.75, 3.05) is 18.4 Å². The topological polar surface area (TPSA) is 92.5 Å². The molecule has 3 aromatic heterocycles. The Kier molecular flexibility index (Phi) is 6.32. The summed E-state index contributed by atoms with van der Waals surface area (Å²) in [6.07, 6.45) is 6.73. The third kappa shape index (κ3) is 4.55. The quantitative estimate of drug-likeness (QED) is 0.391. The van der Waals surface area contributed by atoms with E-state index in [4.69, 9.17) is 4.98 Å². The first-order chi connectivity index (χ1) is 16.4. The number of piperidine rings is 1. The third-order valence-corrected chi connectivity index (χ3v) is 8.34. The molecule has 0 saturated carbocycles. The van der Waals surface area contributed by atoms with Crippen LogP contribution >= 0.6 is 15.9 Å². The Bertz CT molecular complexity index is 1410. The van der Waals surface area contributed by atoms with Crippen molar-refractivity contribution in [2.45, 2.75) is 30.2 Å². The van der Waals surface area contributed by atoms with Gasteiger partial charge in [-0.05, 0) is 64.7 Å². The minimum atomic E-state index is -3.73. The second-order valence-electron chi connectivity index (χ2n) is 8.17. The molecule has 176 valence electrons. The summed E-state index contributed by atoms with van der Waals surface area (Å²) in [6.45, 7) is 1.28. The van der Waals surface area contributed by atoms with E-state index >= 15 is 0 Å². The molecule has 0 spiro atoms. The fourth-order valence-corrected chi connectivity index (χ4v) is 6.02. The molecule has 34 heavy (non-hydrogen) atoms. The van der Waals surface area contributed by atoms with E-state index in [-0.39, 0.29) is 10.8 Å². The number of rotatable bonds is 6. The van der Waals surface area contributed by atoms with E-state index in [0.717, 1.165) is 28.0 Å². The summed E-state index contributed by atoms with van der Waals surface area (Å²) in [5.41, 5.74) is 2.47. The van der Waals surface area contributed by atoms with Crippen molar-refractivity contribution in [2.24, 2.45) is 0 Å². The fourth-order valence-electron chi connectivity index (χ4n) is 4.14. The molecule has 8 nitrogen and oxygen atoms in total. The molecule has 0 aliphatic carbocycles. The fraction of sp³-hybridized carbons (Fsp3) is 0.261. The molecule has 1 N–H and O–H groups in total. The van der Waals surface area contributed by atoms with Gasteiger partial charge in [0.2, 0.25) is 10.0 Å². The van der Waals surface area contributed by atoms with Gasteiger partial charge in [0.25, 0.3) is 0 Å². The molecule has 1 aliphatic rings. The molecule has 0 bridgehead atoms. The second-order valence-corrected chi connectivity index (χ2v) is 11.0. The number of anilines is 1. The number of fused-ring (bicyclic) bond motifs is 1. The zero-order chi connectivity index (χ0) is 23.7. The number of sulfonamides is 1. The summed E-state index contributed by atoms with van der Waals surface area (Å²) < 4.78 is 43.6. The summed E-state index contributed by atoms with van der Waals surface area (Å²) in [6, 6.07) is 10.7. The van der Waals surface area contributed by atoms with Gasteiger partial charge in [-0.3, -0.25) is 4.98 Å². The molecule has 1 atom stereocenters. The largest absolute Gasteiger partial charge is 0.366 e. The van der Waals surface area contributed by atoms with E-state index in [9.17, 15) is 12.8 Å². The summed E-state index contributed by atoms with van der Waals surface area (Å²) >= 11 is 3.51. The zero-order valence-corrected chi connectivity index (χ0v) is 20.5. The van der Waals surface area contributed by atoms with Crippen molar-refractivity contribution in [3.05, 3.63) is 82.6 Å². The number of pyridine rings is 1. The first-order valence-corrected chi connectivity index (χ1v) is 13.1. The number of benzene rings is 1.